The third-order valence-corrected chi connectivity index (χ3v) is 4.47. The predicted molar refractivity (Wildman–Crippen MR) is 110 cm³/mol. The Kier molecular flexibility index (Phi) is 8.20. The van der Waals surface area contributed by atoms with Crippen LogP contribution in [-0.4, -0.2) is 31.5 Å². The number of benzene rings is 2. The first-order chi connectivity index (χ1) is 13.0. The number of hydrogen-bond acceptors (Lipinski definition) is 4. The van der Waals surface area contributed by atoms with Crippen LogP contribution in [0.15, 0.2) is 47.4 Å². The molecular weight excluding hydrogens is 360 g/mol. The smallest absolute Gasteiger partial charge is 0.252 e. The second-order valence-corrected chi connectivity index (χ2v) is 6.78. The zero-order chi connectivity index (χ0) is 19.6. The van der Waals surface area contributed by atoms with Gasteiger partial charge in [0.25, 0.3) is 5.91 Å². The number of nitrogens with one attached hydrogen (secondary N) is 2. The number of rotatable bonds is 9. The Bertz CT molecular complexity index is 772. The van der Waals surface area contributed by atoms with Crippen LogP contribution in [0.4, 0.5) is 0 Å². The van der Waals surface area contributed by atoms with E-state index in [0.717, 1.165) is 16.9 Å². The third kappa shape index (κ3) is 6.64. The summed E-state index contributed by atoms with van der Waals surface area (Å²) in [6.07, 6.45) is 1.03. The van der Waals surface area contributed by atoms with Gasteiger partial charge in [0.2, 0.25) is 5.91 Å². The summed E-state index contributed by atoms with van der Waals surface area (Å²) >= 11 is 4.26. The molecule has 2 N–H and O–H groups in total. The Morgan fingerprint density at radius 1 is 0.963 bits per heavy atom. The van der Waals surface area contributed by atoms with Crippen molar-refractivity contribution in [1.29, 1.82) is 0 Å². The summed E-state index contributed by atoms with van der Waals surface area (Å²) in [6, 6.07) is 13.1. The van der Waals surface area contributed by atoms with E-state index in [1.54, 1.807) is 18.2 Å². The van der Waals surface area contributed by atoms with Gasteiger partial charge >= 0.3 is 0 Å². The topological polar surface area (TPSA) is 67.4 Å². The lowest BCUT2D eigenvalue weighted by Crippen LogP contribution is -2.34. The molecule has 0 aliphatic carbocycles. The second-order valence-electron chi connectivity index (χ2n) is 6.30. The van der Waals surface area contributed by atoms with Gasteiger partial charge in [-0.05, 0) is 43.5 Å². The summed E-state index contributed by atoms with van der Waals surface area (Å²) in [5.74, 6) is 0.644. The molecule has 144 valence electrons. The SMILES string of the molecule is Cc1cccc(C)c1OCCCC(=O)NCCNC(=O)c1ccccc1S. The summed E-state index contributed by atoms with van der Waals surface area (Å²) in [7, 11) is 0. The number of thiol groups is 1. The van der Waals surface area contributed by atoms with Gasteiger partial charge in [-0.2, -0.15) is 0 Å². The van der Waals surface area contributed by atoms with Crippen LogP contribution in [0, 0.1) is 13.8 Å². The molecule has 0 spiro atoms. The maximum Gasteiger partial charge on any atom is 0.252 e. The van der Waals surface area contributed by atoms with Gasteiger partial charge in [-0.3, -0.25) is 9.59 Å². The van der Waals surface area contributed by atoms with E-state index in [2.05, 4.69) is 23.3 Å². The van der Waals surface area contributed by atoms with Crippen LogP contribution in [0.2, 0.25) is 0 Å². The fourth-order valence-corrected chi connectivity index (χ4v) is 2.92. The maximum absolute atomic E-state index is 12.0. The molecule has 0 saturated heterocycles. The van der Waals surface area contributed by atoms with Crippen molar-refractivity contribution in [3.8, 4) is 5.75 Å². The van der Waals surface area contributed by atoms with Gasteiger partial charge in [0, 0.05) is 24.4 Å². The molecule has 0 aliphatic heterocycles. The molecule has 0 atom stereocenters. The largest absolute Gasteiger partial charge is 0.493 e. The second kappa shape index (κ2) is 10.6. The van der Waals surface area contributed by atoms with Gasteiger partial charge < -0.3 is 15.4 Å². The average Bonchev–Trinajstić information content (AvgIpc) is 2.64. The molecular formula is C21H26N2O3S. The molecule has 0 saturated carbocycles. The molecule has 2 rings (SSSR count). The Morgan fingerprint density at radius 3 is 2.33 bits per heavy atom. The van der Waals surface area contributed by atoms with Crippen molar-refractivity contribution in [1.82, 2.24) is 10.6 Å². The van der Waals surface area contributed by atoms with Crippen molar-refractivity contribution in [2.24, 2.45) is 0 Å². The van der Waals surface area contributed by atoms with E-state index in [4.69, 9.17) is 4.74 Å². The molecule has 5 nitrogen and oxygen atoms in total. The van der Waals surface area contributed by atoms with Gasteiger partial charge in [0.15, 0.2) is 0 Å². The average molecular weight is 387 g/mol. The minimum absolute atomic E-state index is 0.0519. The predicted octanol–water partition coefficient (Wildman–Crippen LogP) is 3.30. The summed E-state index contributed by atoms with van der Waals surface area (Å²) in [4.78, 5) is 24.5. The molecule has 0 aromatic heterocycles. The van der Waals surface area contributed by atoms with E-state index >= 15 is 0 Å². The van der Waals surface area contributed by atoms with Crippen LogP contribution < -0.4 is 15.4 Å². The van der Waals surface area contributed by atoms with E-state index in [-0.39, 0.29) is 11.8 Å². The molecule has 0 heterocycles. The Morgan fingerprint density at radius 2 is 1.63 bits per heavy atom. The molecule has 0 unspecified atom stereocenters. The summed E-state index contributed by atoms with van der Waals surface area (Å²) in [5, 5.41) is 5.57. The van der Waals surface area contributed by atoms with Crippen molar-refractivity contribution in [2.45, 2.75) is 31.6 Å². The first-order valence-corrected chi connectivity index (χ1v) is 9.45. The van der Waals surface area contributed by atoms with Gasteiger partial charge in [0.1, 0.15) is 5.75 Å². The fourth-order valence-electron chi connectivity index (χ4n) is 2.66. The van der Waals surface area contributed by atoms with Crippen LogP contribution in [0.25, 0.3) is 0 Å². The van der Waals surface area contributed by atoms with Crippen LogP contribution in [0.3, 0.4) is 0 Å². The first-order valence-electron chi connectivity index (χ1n) is 9.01. The zero-order valence-electron chi connectivity index (χ0n) is 15.7. The normalized spacial score (nSPS) is 10.3. The number of hydrogen-bond donors (Lipinski definition) is 3. The standard InChI is InChI=1S/C21H26N2O3S/c1-15-7-5-8-16(2)20(15)26-14-6-11-19(24)22-12-13-23-21(25)17-9-3-4-10-18(17)27/h3-5,7-10,27H,6,11-14H2,1-2H3,(H,22,24)(H,23,25). The van der Waals surface area contributed by atoms with Crippen LogP contribution in [-0.2, 0) is 4.79 Å². The highest BCUT2D eigenvalue weighted by Gasteiger charge is 2.08. The fraction of sp³-hybridized carbons (Fsp3) is 0.333. The maximum atomic E-state index is 12.0. The Balaban J connectivity index is 1.60. The first kappa shape index (κ1) is 20.8. The molecule has 27 heavy (non-hydrogen) atoms. The van der Waals surface area contributed by atoms with E-state index in [9.17, 15) is 9.59 Å². The van der Waals surface area contributed by atoms with Gasteiger partial charge in [-0.1, -0.05) is 30.3 Å². The quantitative estimate of drug-likeness (QED) is 0.458. The van der Waals surface area contributed by atoms with Gasteiger partial charge in [-0.15, -0.1) is 12.6 Å². The van der Waals surface area contributed by atoms with E-state index in [1.165, 1.54) is 0 Å². The number of aryl methyl sites for hydroxylation is 2. The van der Waals surface area contributed by atoms with Crippen molar-refractivity contribution in [3.63, 3.8) is 0 Å². The van der Waals surface area contributed by atoms with Crippen molar-refractivity contribution in [2.75, 3.05) is 19.7 Å². The van der Waals surface area contributed by atoms with Crippen molar-refractivity contribution < 1.29 is 14.3 Å². The Labute approximate surface area is 165 Å². The number of amides is 2. The minimum atomic E-state index is -0.197. The van der Waals surface area contributed by atoms with E-state index in [0.29, 0.717) is 43.0 Å². The highest BCUT2D eigenvalue weighted by Crippen LogP contribution is 2.22. The van der Waals surface area contributed by atoms with Gasteiger partial charge in [-0.25, -0.2) is 0 Å². The molecule has 0 aliphatic rings. The van der Waals surface area contributed by atoms with Crippen molar-refractivity contribution in [3.05, 3.63) is 59.2 Å². The molecule has 0 radical (unpaired) electrons. The number of para-hydroxylation sites is 1. The lowest BCUT2D eigenvalue weighted by molar-refractivity contribution is -0.121. The van der Waals surface area contributed by atoms with Gasteiger partial charge in [0.05, 0.1) is 12.2 Å². The van der Waals surface area contributed by atoms with E-state index < -0.39 is 0 Å². The summed E-state index contributed by atoms with van der Waals surface area (Å²) in [6.45, 7) is 5.27. The van der Waals surface area contributed by atoms with Crippen LogP contribution in [0.5, 0.6) is 5.75 Å². The van der Waals surface area contributed by atoms with Crippen LogP contribution >= 0.6 is 12.6 Å². The molecule has 0 bridgehead atoms. The summed E-state index contributed by atoms with van der Waals surface area (Å²) in [5.41, 5.74) is 2.71. The number of ether oxygens (including phenoxy) is 1. The Hall–Kier alpha value is -2.47. The molecule has 2 amide bonds. The minimum Gasteiger partial charge on any atom is -0.493 e. The zero-order valence-corrected chi connectivity index (χ0v) is 16.6. The molecule has 6 heteroatoms. The molecule has 2 aromatic rings. The monoisotopic (exact) mass is 386 g/mol. The number of carbonyl (C=O) groups excluding carboxylic acids is 2. The van der Waals surface area contributed by atoms with E-state index in [1.807, 2.05) is 38.1 Å². The number of carbonyl (C=O) groups is 2. The lowest BCUT2D eigenvalue weighted by atomic mass is 10.1. The van der Waals surface area contributed by atoms with Crippen molar-refractivity contribution >= 4 is 24.4 Å². The summed E-state index contributed by atoms with van der Waals surface area (Å²) < 4.78 is 5.79. The van der Waals surface area contributed by atoms with Crippen LogP contribution in [0.1, 0.15) is 34.3 Å². The highest BCUT2D eigenvalue weighted by atomic mass is 32.1. The lowest BCUT2D eigenvalue weighted by Gasteiger charge is -2.12. The molecule has 0 fully saturated rings. The molecule has 2 aromatic carbocycles. The highest BCUT2D eigenvalue weighted by molar-refractivity contribution is 7.80. The third-order valence-electron chi connectivity index (χ3n) is 4.08.